The summed E-state index contributed by atoms with van der Waals surface area (Å²) in [4.78, 5) is 14.2. The minimum Gasteiger partial charge on any atom is -0.449 e. The number of amides is 1. The lowest BCUT2D eigenvalue weighted by molar-refractivity contribution is -0.0727. The van der Waals surface area contributed by atoms with Crippen molar-refractivity contribution in [2.75, 3.05) is 13.7 Å². The molecule has 0 radical (unpaired) electrons. The van der Waals surface area contributed by atoms with Gasteiger partial charge in [-0.05, 0) is 62.7 Å². The second kappa shape index (κ2) is 4.99. The van der Waals surface area contributed by atoms with Crippen molar-refractivity contribution in [2.24, 2.45) is 17.8 Å². The molecule has 0 aromatic heterocycles. The molecule has 4 aliphatic carbocycles. The number of carbonyl (C=O) groups is 1. The molecule has 0 N–H and O–H groups in total. The van der Waals surface area contributed by atoms with Gasteiger partial charge in [-0.3, -0.25) is 0 Å². The van der Waals surface area contributed by atoms with E-state index in [1.807, 2.05) is 11.9 Å². The third-order valence-electron chi connectivity index (χ3n) is 5.71. The molecule has 19 heavy (non-hydrogen) atoms. The molecular weight excluding hydrogens is 238 g/mol. The van der Waals surface area contributed by atoms with Gasteiger partial charge in [0.15, 0.2) is 0 Å². The second-order valence-electron chi connectivity index (χ2n) is 7.17. The van der Waals surface area contributed by atoms with E-state index in [9.17, 15) is 4.79 Å². The fourth-order valence-electron chi connectivity index (χ4n) is 5.07. The molecule has 108 valence electrons. The van der Waals surface area contributed by atoms with Crippen LogP contribution < -0.4 is 0 Å². The summed E-state index contributed by atoms with van der Waals surface area (Å²) in [7, 11) is 1.97. The normalized spacial score (nSPS) is 39.4. The van der Waals surface area contributed by atoms with E-state index in [1.54, 1.807) is 0 Å². The molecule has 4 rings (SSSR count). The number of ether oxygens (including phenoxy) is 1. The second-order valence-corrected chi connectivity index (χ2v) is 7.17. The number of unbranched alkanes of at least 4 members (excludes halogenated alkanes) is 1. The minimum atomic E-state index is -0.0876. The Labute approximate surface area is 116 Å². The van der Waals surface area contributed by atoms with E-state index >= 15 is 0 Å². The molecule has 0 saturated heterocycles. The molecule has 4 fully saturated rings. The first-order chi connectivity index (χ1) is 9.13. The van der Waals surface area contributed by atoms with Crippen LogP contribution in [-0.4, -0.2) is 30.2 Å². The molecule has 0 heterocycles. The van der Waals surface area contributed by atoms with E-state index in [-0.39, 0.29) is 11.6 Å². The standard InChI is InChI=1S/C16H27NO2/c1-3-4-5-19-15(18)17(2)16-9-12-6-13(10-16)8-14(7-12)11-16/h12-14H,3-11H2,1-2H3. The van der Waals surface area contributed by atoms with Crippen LogP contribution in [0.1, 0.15) is 58.3 Å². The average Bonchev–Trinajstić information content (AvgIpc) is 2.36. The van der Waals surface area contributed by atoms with E-state index in [0.29, 0.717) is 6.61 Å². The first kappa shape index (κ1) is 13.3. The average molecular weight is 265 g/mol. The van der Waals surface area contributed by atoms with E-state index in [0.717, 1.165) is 30.6 Å². The van der Waals surface area contributed by atoms with Gasteiger partial charge >= 0.3 is 6.09 Å². The van der Waals surface area contributed by atoms with Gasteiger partial charge in [0.25, 0.3) is 0 Å². The van der Waals surface area contributed by atoms with Gasteiger partial charge in [0.05, 0.1) is 6.61 Å². The van der Waals surface area contributed by atoms with Crippen LogP contribution in [0.3, 0.4) is 0 Å². The van der Waals surface area contributed by atoms with Crippen LogP contribution in [0.5, 0.6) is 0 Å². The maximum Gasteiger partial charge on any atom is 0.409 e. The van der Waals surface area contributed by atoms with Gasteiger partial charge in [-0.15, -0.1) is 0 Å². The van der Waals surface area contributed by atoms with Crippen molar-refractivity contribution in [3.63, 3.8) is 0 Å². The van der Waals surface area contributed by atoms with Crippen molar-refractivity contribution in [1.29, 1.82) is 0 Å². The SMILES string of the molecule is CCCCOC(=O)N(C)C12CC3CC(CC(C3)C1)C2. The molecular formula is C16H27NO2. The smallest absolute Gasteiger partial charge is 0.409 e. The van der Waals surface area contributed by atoms with Crippen LogP contribution in [0.15, 0.2) is 0 Å². The van der Waals surface area contributed by atoms with E-state index < -0.39 is 0 Å². The monoisotopic (exact) mass is 265 g/mol. The summed E-state index contributed by atoms with van der Waals surface area (Å²) >= 11 is 0. The number of carbonyl (C=O) groups excluding carboxylic acids is 1. The van der Waals surface area contributed by atoms with E-state index in [2.05, 4.69) is 6.92 Å². The molecule has 4 aliphatic rings. The molecule has 0 unspecified atom stereocenters. The zero-order valence-electron chi connectivity index (χ0n) is 12.4. The Bertz CT molecular complexity index is 317. The van der Waals surface area contributed by atoms with Crippen molar-refractivity contribution in [2.45, 2.75) is 63.8 Å². The third-order valence-corrected chi connectivity index (χ3v) is 5.71. The molecule has 3 nitrogen and oxygen atoms in total. The molecule has 0 aromatic rings. The Morgan fingerprint density at radius 3 is 2.16 bits per heavy atom. The lowest BCUT2D eigenvalue weighted by Gasteiger charge is -2.59. The number of hydrogen-bond donors (Lipinski definition) is 0. The van der Waals surface area contributed by atoms with Gasteiger partial charge in [-0.2, -0.15) is 0 Å². The Balaban J connectivity index is 1.65. The van der Waals surface area contributed by atoms with Gasteiger partial charge in [0, 0.05) is 12.6 Å². The van der Waals surface area contributed by atoms with Crippen LogP contribution in [0.4, 0.5) is 4.79 Å². The van der Waals surface area contributed by atoms with Crippen molar-refractivity contribution >= 4 is 6.09 Å². The fraction of sp³-hybridized carbons (Fsp3) is 0.938. The Morgan fingerprint density at radius 2 is 1.68 bits per heavy atom. The highest BCUT2D eigenvalue weighted by molar-refractivity contribution is 5.68. The summed E-state index contributed by atoms with van der Waals surface area (Å²) in [6.07, 6.45) is 9.87. The highest BCUT2D eigenvalue weighted by atomic mass is 16.6. The summed E-state index contributed by atoms with van der Waals surface area (Å²) < 4.78 is 5.42. The largest absolute Gasteiger partial charge is 0.449 e. The van der Waals surface area contributed by atoms with Crippen LogP contribution >= 0.6 is 0 Å². The van der Waals surface area contributed by atoms with Crippen LogP contribution in [0, 0.1) is 17.8 Å². The van der Waals surface area contributed by atoms with Gasteiger partial charge in [-0.25, -0.2) is 4.79 Å². The van der Waals surface area contributed by atoms with Crippen molar-refractivity contribution < 1.29 is 9.53 Å². The van der Waals surface area contributed by atoms with Crippen LogP contribution in [-0.2, 0) is 4.74 Å². The first-order valence-electron chi connectivity index (χ1n) is 8.03. The first-order valence-corrected chi connectivity index (χ1v) is 8.03. The predicted octanol–water partition coefficient (Wildman–Crippen LogP) is 3.82. The zero-order valence-corrected chi connectivity index (χ0v) is 12.4. The predicted molar refractivity (Wildman–Crippen MR) is 74.9 cm³/mol. The summed E-state index contributed by atoms with van der Waals surface area (Å²) in [6.45, 7) is 2.70. The zero-order chi connectivity index (χ0) is 13.5. The summed E-state index contributed by atoms with van der Waals surface area (Å²) in [5, 5.41) is 0. The highest BCUT2D eigenvalue weighted by Gasteiger charge is 2.54. The summed E-state index contributed by atoms with van der Waals surface area (Å²) in [5.41, 5.74) is 0.137. The van der Waals surface area contributed by atoms with Gasteiger partial charge < -0.3 is 9.64 Å². The minimum absolute atomic E-state index is 0.0876. The molecule has 4 saturated carbocycles. The van der Waals surface area contributed by atoms with E-state index in [1.165, 1.54) is 38.5 Å². The molecule has 0 atom stereocenters. The lowest BCUT2D eigenvalue weighted by atomic mass is 9.52. The number of hydrogen-bond acceptors (Lipinski definition) is 2. The number of nitrogens with zero attached hydrogens (tertiary/aromatic N) is 1. The van der Waals surface area contributed by atoms with Crippen LogP contribution in [0.2, 0.25) is 0 Å². The quantitative estimate of drug-likeness (QED) is 0.723. The molecule has 1 amide bonds. The van der Waals surface area contributed by atoms with Gasteiger partial charge in [0.2, 0.25) is 0 Å². The van der Waals surface area contributed by atoms with Crippen LogP contribution in [0.25, 0.3) is 0 Å². The molecule has 0 aromatic carbocycles. The summed E-state index contributed by atoms with van der Waals surface area (Å²) in [5.74, 6) is 2.62. The molecule has 0 spiro atoms. The molecule has 3 heteroatoms. The Morgan fingerprint density at radius 1 is 1.16 bits per heavy atom. The summed E-state index contributed by atoms with van der Waals surface area (Å²) in [6, 6.07) is 0. The topological polar surface area (TPSA) is 29.5 Å². The molecule has 4 bridgehead atoms. The Kier molecular flexibility index (Phi) is 3.48. The third kappa shape index (κ3) is 2.36. The van der Waals surface area contributed by atoms with E-state index in [4.69, 9.17) is 4.74 Å². The van der Waals surface area contributed by atoms with Crippen molar-refractivity contribution in [3.8, 4) is 0 Å². The van der Waals surface area contributed by atoms with Gasteiger partial charge in [-0.1, -0.05) is 13.3 Å². The highest BCUT2D eigenvalue weighted by Crippen LogP contribution is 2.57. The molecule has 0 aliphatic heterocycles. The van der Waals surface area contributed by atoms with Crippen molar-refractivity contribution in [3.05, 3.63) is 0 Å². The fourth-order valence-corrected chi connectivity index (χ4v) is 5.07. The maximum absolute atomic E-state index is 12.2. The van der Waals surface area contributed by atoms with Crippen molar-refractivity contribution in [1.82, 2.24) is 4.90 Å². The van der Waals surface area contributed by atoms with Gasteiger partial charge in [0.1, 0.15) is 0 Å². The number of rotatable bonds is 4. The maximum atomic E-state index is 12.2. The Hall–Kier alpha value is -0.730. The lowest BCUT2D eigenvalue weighted by Crippen LogP contribution is -2.60.